The van der Waals surface area contributed by atoms with Crippen LogP contribution in [-0.2, 0) is 20.9 Å². The molecule has 0 N–H and O–H groups in total. The third-order valence-corrected chi connectivity index (χ3v) is 3.29. The SMILES string of the molecule is CCCCOc1cc([N+](=O)[O-])c(COS(C)(=O)=O)cc1OC. The minimum absolute atomic E-state index is 0.0927. The van der Waals surface area contributed by atoms with E-state index < -0.39 is 21.6 Å². The zero-order valence-electron chi connectivity index (χ0n) is 12.7. The highest BCUT2D eigenvalue weighted by Crippen LogP contribution is 2.35. The molecule has 0 fully saturated rings. The van der Waals surface area contributed by atoms with Crippen LogP contribution in [0, 0.1) is 10.1 Å². The van der Waals surface area contributed by atoms with Gasteiger partial charge in [0.1, 0.15) is 0 Å². The van der Waals surface area contributed by atoms with Crippen LogP contribution in [0.1, 0.15) is 25.3 Å². The monoisotopic (exact) mass is 333 g/mol. The molecule has 0 saturated carbocycles. The summed E-state index contributed by atoms with van der Waals surface area (Å²) in [6.45, 7) is 1.96. The summed E-state index contributed by atoms with van der Waals surface area (Å²) in [5, 5.41) is 11.1. The first kappa shape index (κ1) is 18.2. The maximum absolute atomic E-state index is 11.1. The number of ether oxygens (including phenoxy) is 2. The summed E-state index contributed by atoms with van der Waals surface area (Å²) in [5.74, 6) is 0.527. The number of nitro groups is 1. The Morgan fingerprint density at radius 1 is 1.27 bits per heavy atom. The fourth-order valence-electron chi connectivity index (χ4n) is 1.65. The summed E-state index contributed by atoms with van der Waals surface area (Å²) < 4.78 is 37.3. The molecule has 0 aliphatic carbocycles. The van der Waals surface area contributed by atoms with Crippen molar-refractivity contribution in [2.24, 2.45) is 0 Å². The molecule has 0 amide bonds. The number of hydrogen-bond acceptors (Lipinski definition) is 7. The van der Waals surface area contributed by atoms with Crippen molar-refractivity contribution in [3.63, 3.8) is 0 Å². The Kier molecular flexibility index (Phi) is 6.57. The molecule has 0 aliphatic rings. The van der Waals surface area contributed by atoms with Crippen LogP contribution in [0.25, 0.3) is 0 Å². The molecule has 1 aromatic rings. The average Bonchev–Trinajstić information content (AvgIpc) is 2.44. The summed E-state index contributed by atoms with van der Waals surface area (Å²) in [7, 11) is -2.31. The Hall–Kier alpha value is -1.87. The maximum atomic E-state index is 11.1. The van der Waals surface area contributed by atoms with Crippen LogP contribution >= 0.6 is 0 Å². The first-order chi connectivity index (χ1) is 10.3. The van der Waals surface area contributed by atoms with Gasteiger partial charge in [-0.15, -0.1) is 0 Å². The van der Waals surface area contributed by atoms with E-state index in [1.807, 2.05) is 6.92 Å². The predicted molar refractivity (Wildman–Crippen MR) is 79.7 cm³/mol. The van der Waals surface area contributed by atoms with Gasteiger partial charge < -0.3 is 9.47 Å². The van der Waals surface area contributed by atoms with Gasteiger partial charge in [0.05, 0.1) is 43.1 Å². The van der Waals surface area contributed by atoms with Gasteiger partial charge in [-0.1, -0.05) is 13.3 Å². The van der Waals surface area contributed by atoms with Gasteiger partial charge in [0.25, 0.3) is 15.8 Å². The van der Waals surface area contributed by atoms with Gasteiger partial charge in [-0.25, -0.2) is 0 Å². The molecule has 1 aromatic carbocycles. The highest BCUT2D eigenvalue weighted by atomic mass is 32.2. The maximum Gasteiger partial charge on any atom is 0.278 e. The quantitative estimate of drug-likeness (QED) is 0.295. The Balaban J connectivity index is 3.13. The molecule has 8 nitrogen and oxygen atoms in total. The van der Waals surface area contributed by atoms with Crippen LogP contribution in [-0.4, -0.2) is 33.3 Å². The predicted octanol–water partition coefficient (Wildman–Crippen LogP) is 2.26. The van der Waals surface area contributed by atoms with E-state index in [1.54, 1.807) is 0 Å². The van der Waals surface area contributed by atoms with E-state index in [0.717, 1.165) is 19.1 Å². The second kappa shape index (κ2) is 7.95. The minimum Gasteiger partial charge on any atom is -0.493 e. The molecule has 0 heterocycles. The highest BCUT2D eigenvalue weighted by molar-refractivity contribution is 7.85. The van der Waals surface area contributed by atoms with Crippen molar-refractivity contribution >= 4 is 15.8 Å². The number of methoxy groups -OCH3 is 1. The molecule has 0 aromatic heterocycles. The van der Waals surface area contributed by atoms with Gasteiger partial charge in [-0.3, -0.25) is 14.3 Å². The number of nitrogens with zero attached hydrogens (tertiary/aromatic N) is 1. The van der Waals surface area contributed by atoms with Crippen LogP contribution in [0.3, 0.4) is 0 Å². The number of hydrogen-bond donors (Lipinski definition) is 0. The third kappa shape index (κ3) is 5.49. The standard InChI is InChI=1S/C13H19NO7S/c1-4-5-6-20-13-8-11(14(15)16)10(7-12(13)19-2)9-21-22(3,17)18/h7-8H,4-6,9H2,1-3H3. The molecule has 22 heavy (non-hydrogen) atoms. The zero-order chi connectivity index (χ0) is 16.8. The van der Waals surface area contributed by atoms with E-state index in [0.29, 0.717) is 6.61 Å². The minimum atomic E-state index is -3.71. The van der Waals surface area contributed by atoms with Gasteiger partial charge in [-0.05, 0) is 12.5 Å². The molecule has 0 spiro atoms. The lowest BCUT2D eigenvalue weighted by Crippen LogP contribution is -2.06. The van der Waals surface area contributed by atoms with Gasteiger partial charge in [-0.2, -0.15) is 8.42 Å². The van der Waals surface area contributed by atoms with Crippen LogP contribution in [0.5, 0.6) is 11.5 Å². The Morgan fingerprint density at radius 3 is 2.45 bits per heavy atom. The van der Waals surface area contributed by atoms with E-state index in [4.69, 9.17) is 9.47 Å². The lowest BCUT2D eigenvalue weighted by Gasteiger charge is -2.12. The summed E-state index contributed by atoms with van der Waals surface area (Å²) in [6, 6.07) is 2.57. The van der Waals surface area contributed by atoms with Crippen molar-refractivity contribution in [1.82, 2.24) is 0 Å². The van der Waals surface area contributed by atoms with Gasteiger partial charge >= 0.3 is 0 Å². The summed E-state index contributed by atoms with van der Waals surface area (Å²) in [5.41, 5.74) is -0.189. The first-order valence-corrected chi connectivity index (χ1v) is 8.42. The lowest BCUT2D eigenvalue weighted by atomic mass is 10.1. The first-order valence-electron chi connectivity index (χ1n) is 6.61. The number of unbranched alkanes of at least 4 members (excludes halogenated alkanes) is 1. The number of nitro benzene ring substituents is 1. The number of benzene rings is 1. The Morgan fingerprint density at radius 2 is 1.95 bits per heavy atom. The second-order valence-corrected chi connectivity index (χ2v) is 6.20. The van der Waals surface area contributed by atoms with Crippen molar-refractivity contribution in [2.45, 2.75) is 26.4 Å². The second-order valence-electron chi connectivity index (χ2n) is 4.56. The molecule has 0 aliphatic heterocycles. The van der Waals surface area contributed by atoms with Crippen LogP contribution in [0.2, 0.25) is 0 Å². The van der Waals surface area contributed by atoms with Crippen molar-refractivity contribution in [3.05, 3.63) is 27.8 Å². The van der Waals surface area contributed by atoms with E-state index in [-0.39, 0.29) is 22.7 Å². The molecular weight excluding hydrogens is 314 g/mol. The van der Waals surface area contributed by atoms with Gasteiger partial charge in [0.15, 0.2) is 11.5 Å². The summed E-state index contributed by atoms with van der Waals surface area (Å²) >= 11 is 0. The average molecular weight is 333 g/mol. The van der Waals surface area contributed by atoms with Crippen molar-refractivity contribution in [2.75, 3.05) is 20.0 Å². The molecule has 1 rings (SSSR count). The van der Waals surface area contributed by atoms with Crippen LogP contribution < -0.4 is 9.47 Å². The van der Waals surface area contributed by atoms with Gasteiger partial charge in [0, 0.05) is 0 Å². The third-order valence-electron chi connectivity index (χ3n) is 2.75. The van der Waals surface area contributed by atoms with Gasteiger partial charge in [0.2, 0.25) is 0 Å². The van der Waals surface area contributed by atoms with E-state index in [2.05, 4.69) is 4.18 Å². The number of rotatable bonds is 9. The molecule has 0 unspecified atom stereocenters. The topological polar surface area (TPSA) is 105 Å². The molecular formula is C13H19NO7S. The van der Waals surface area contributed by atoms with E-state index >= 15 is 0 Å². The van der Waals surface area contributed by atoms with Crippen LogP contribution in [0.15, 0.2) is 12.1 Å². The Labute approximate surface area is 129 Å². The molecule has 124 valence electrons. The van der Waals surface area contributed by atoms with Crippen LogP contribution in [0.4, 0.5) is 5.69 Å². The van der Waals surface area contributed by atoms with E-state index in [9.17, 15) is 18.5 Å². The highest BCUT2D eigenvalue weighted by Gasteiger charge is 2.21. The van der Waals surface area contributed by atoms with Crippen molar-refractivity contribution in [1.29, 1.82) is 0 Å². The smallest absolute Gasteiger partial charge is 0.278 e. The van der Waals surface area contributed by atoms with Crippen molar-refractivity contribution in [3.8, 4) is 11.5 Å². The molecule has 0 saturated heterocycles. The fourth-order valence-corrected chi connectivity index (χ4v) is 1.99. The molecule has 9 heteroatoms. The largest absolute Gasteiger partial charge is 0.493 e. The summed E-state index contributed by atoms with van der Waals surface area (Å²) in [6.07, 6.45) is 2.60. The normalized spacial score (nSPS) is 11.2. The zero-order valence-corrected chi connectivity index (χ0v) is 13.5. The summed E-state index contributed by atoms with van der Waals surface area (Å²) in [4.78, 5) is 10.5. The lowest BCUT2D eigenvalue weighted by molar-refractivity contribution is -0.385. The molecule has 0 radical (unpaired) electrons. The van der Waals surface area contributed by atoms with E-state index in [1.165, 1.54) is 19.2 Å². The molecule has 0 bridgehead atoms. The molecule has 0 atom stereocenters. The van der Waals surface area contributed by atoms with Crippen molar-refractivity contribution < 1.29 is 27.0 Å². The Bertz CT molecular complexity index is 628. The fraction of sp³-hybridized carbons (Fsp3) is 0.538.